The molecule has 0 bridgehead atoms. The molecule has 1 saturated heterocycles. The molecule has 4 rings (SSSR count). The van der Waals surface area contributed by atoms with Gasteiger partial charge in [-0.2, -0.15) is 0 Å². The van der Waals surface area contributed by atoms with Crippen LogP contribution >= 0.6 is 0 Å². The maximum absolute atomic E-state index is 15.7. The molecule has 2 heterocycles. The van der Waals surface area contributed by atoms with Gasteiger partial charge in [-0.25, -0.2) is 17.6 Å². The summed E-state index contributed by atoms with van der Waals surface area (Å²) in [5.74, 6) is -4.76. The van der Waals surface area contributed by atoms with E-state index in [0.29, 0.717) is 47.2 Å². The van der Waals surface area contributed by atoms with E-state index in [4.69, 9.17) is 0 Å². The Hall–Kier alpha value is -3.99. The second kappa shape index (κ2) is 14.0. The number of hydrogen-bond donors (Lipinski definition) is 2. The molecule has 242 valence electrons. The lowest BCUT2D eigenvalue weighted by molar-refractivity contribution is -0.138. The van der Waals surface area contributed by atoms with E-state index in [-0.39, 0.29) is 24.2 Å². The zero-order valence-corrected chi connectivity index (χ0v) is 26.1. The molecule has 45 heavy (non-hydrogen) atoms. The molecule has 0 saturated carbocycles. The van der Waals surface area contributed by atoms with Crippen LogP contribution in [0.15, 0.2) is 41.3 Å². The number of aliphatic carboxylic acids is 1. The second-order valence-corrected chi connectivity index (χ2v) is 12.1. The highest BCUT2D eigenvalue weighted by Crippen LogP contribution is 2.34. The number of hydrogen-bond acceptors (Lipinski definition) is 4. The highest BCUT2D eigenvalue weighted by Gasteiger charge is 2.32. The number of benzene rings is 2. The third kappa shape index (κ3) is 7.64. The summed E-state index contributed by atoms with van der Waals surface area (Å²) in [6.45, 7) is 9.45. The summed E-state index contributed by atoms with van der Waals surface area (Å²) in [5.41, 5.74) is 1.90. The maximum Gasteiger partial charge on any atom is 0.305 e. The molecule has 0 spiro atoms. The molecule has 1 unspecified atom stereocenters. The summed E-state index contributed by atoms with van der Waals surface area (Å²) in [7, 11) is 0. The lowest BCUT2D eigenvalue weighted by Crippen LogP contribution is -2.49. The summed E-state index contributed by atoms with van der Waals surface area (Å²) in [4.78, 5) is 40.8. The van der Waals surface area contributed by atoms with Crippen molar-refractivity contribution in [1.82, 2.24) is 14.8 Å². The Labute approximate surface area is 259 Å². The fourth-order valence-electron chi connectivity index (χ4n) is 6.06. The molecule has 0 radical (unpaired) electrons. The largest absolute Gasteiger partial charge is 0.481 e. The normalized spacial score (nSPS) is 15.8. The molecule has 7 nitrogen and oxygen atoms in total. The van der Waals surface area contributed by atoms with Gasteiger partial charge in [-0.15, -0.1) is 0 Å². The third-order valence-corrected chi connectivity index (χ3v) is 8.58. The van der Waals surface area contributed by atoms with Crippen molar-refractivity contribution in [2.24, 2.45) is 5.92 Å². The third-order valence-electron chi connectivity index (χ3n) is 8.58. The monoisotopic (exact) mass is 629 g/mol. The fraction of sp³-hybridized carbons (Fsp3) is 0.441. The van der Waals surface area contributed by atoms with Crippen LogP contribution in [-0.2, 0) is 16.0 Å². The van der Waals surface area contributed by atoms with Crippen molar-refractivity contribution >= 4 is 11.9 Å². The summed E-state index contributed by atoms with van der Waals surface area (Å²) < 4.78 is 58.9. The number of alkyl halides is 1. The first-order valence-corrected chi connectivity index (χ1v) is 15.1. The fourth-order valence-corrected chi connectivity index (χ4v) is 6.06. The van der Waals surface area contributed by atoms with Crippen LogP contribution in [0.25, 0.3) is 11.1 Å². The lowest BCUT2D eigenvalue weighted by atomic mass is 9.90. The van der Waals surface area contributed by atoms with Crippen LogP contribution in [0.5, 0.6) is 0 Å². The van der Waals surface area contributed by atoms with Crippen LogP contribution in [0.2, 0.25) is 0 Å². The van der Waals surface area contributed by atoms with Gasteiger partial charge >= 0.3 is 5.97 Å². The smallest absolute Gasteiger partial charge is 0.305 e. The van der Waals surface area contributed by atoms with Crippen molar-refractivity contribution in [3.63, 3.8) is 0 Å². The second-order valence-electron chi connectivity index (χ2n) is 12.1. The minimum absolute atomic E-state index is 0.0835. The number of amides is 1. The van der Waals surface area contributed by atoms with Gasteiger partial charge in [-0.05, 0) is 96.8 Å². The number of carboxylic acid groups (broad SMARTS) is 1. The number of pyridine rings is 1. The summed E-state index contributed by atoms with van der Waals surface area (Å²) in [6.07, 6.45) is 0.574. The van der Waals surface area contributed by atoms with Crippen molar-refractivity contribution in [1.29, 1.82) is 0 Å². The summed E-state index contributed by atoms with van der Waals surface area (Å²) >= 11 is 0. The first-order valence-electron chi connectivity index (χ1n) is 15.1. The van der Waals surface area contributed by atoms with Crippen molar-refractivity contribution in [2.75, 3.05) is 19.6 Å². The van der Waals surface area contributed by atoms with E-state index in [9.17, 15) is 32.7 Å². The van der Waals surface area contributed by atoms with Crippen LogP contribution in [0, 0.1) is 44.1 Å². The Kier molecular flexibility index (Phi) is 10.5. The first-order chi connectivity index (χ1) is 21.2. The van der Waals surface area contributed by atoms with E-state index in [1.165, 1.54) is 31.3 Å². The number of aryl methyl sites for hydroxylation is 3. The lowest BCUT2D eigenvalue weighted by Gasteiger charge is -2.34. The zero-order chi connectivity index (χ0) is 33.2. The van der Waals surface area contributed by atoms with Crippen LogP contribution < -0.4 is 10.9 Å². The van der Waals surface area contributed by atoms with Gasteiger partial charge in [0.1, 0.15) is 23.8 Å². The quantitative estimate of drug-likeness (QED) is 0.241. The average molecular weight is 630 g/mol. The van der Waals surface area contributed by atoms with E-state index in [1.807, 2.05) is 4.90 Å². The van der Waals surface area contributed by atoms with Gasteiger partial charge < -0.3 is 10.4 Å². The van der Waals surface area contributed by atoms with E-state index in [0.717, 1.165) is 10.6 Å². The van der Waals surface area contributed by atoms with Crippen molar-refractivity contribution in [3.8, 4) is 11.1 Å². The van der Waals surface area contributed by atoms with E-state index in [2.05, 4.69) is 5.32 Å². The molecule has 1 aliphatic heterocycles. The first kappa shape index (κ1) is 33.9. The number of nitrogens with zero attached hydrogens (tertiary/aromatic N) is 2. The standard InChI is InChI=1S/C34H39F4N3O4/c1-6-18(2)32(41-15-22(12-27(37)34(41)45)7-8-40-16-25(36)17-40)33(44)39-28(14-29(42)43)26-13-23(9-21(5)31(26)38)30-19(3)10-24(35)11-20(30)4/h9-13,15,18,25,28,32H,6-8,14,16-17H2,1-5H3,(H,39,44)(H,42,43)/t18-,28+,32?/m1/s1. The van der Waals surface area contributed by atoms with Gasteiger partial charge in [0.2, 0.25) is 5.91 Å². The Balaban J connectivity index is 1.73. The number of halogens is 4. The SMILES string of the molecule is CC[C@@H](C)C(C(=O)N[C@@H](CC(=O)O)c1cc(-c2c(C)cc(F)cc2C)cc(C)c1F)n1cc(CCN2CC(F)C2)cc(F)c1=O. The Morgan fingerprint density at radius 2 is 1.67 bits per heavy atom. The molecule has 2 N–H and O–H groups in total. The van der Waals surface area contributed by atoms with Crippen molar-refractivity contribution in [3.05, 3.63) is 92.2 Å². The van der Waals surface area contributed by atoms with Crippen molar-refractivity contribution in [2.45, 2.75) is 72.1 Å². The van der Waals surface area contributed by atoms with Gasteiger partial charge in [0.05, 0.1) is 12.5 Å². The number of carbonyl (C=O) groups excluding carboxylic acids is 1. The maximum atomic E-state index is 15.7. The zero-order valence-electron chi connectivity index (χ0n) is 26.1. The molecule has 3 aromatic rings. The number of aromatic nitrogens is 1. The Morgan fingerprint density at radius 1 is 1.02 bits per heavy atom. The molecule has 1 fully saturated rings. The molecule has 11 heteroatoms. The highest BCUT2D eigenvalue weighted by atomic mass is 19.1. The summed E-state index contributed by atoms with van der Waals surface area (Å²) in [6, 6.07) is 4.25. The summed E-state index contributed by atoms with van der Waals surface area (Å²) in [5, 5.41) is 12.4. The minimum Gasteiger partial charge on any atom is -0.481 e. The predicted molar refractivity (Wildman–Crippen MR) is 163 cm³/mol. The van der Waals surface area contributed by atoms with Crippen LogP contribution in [0.4, 0.5) is 17.6 Å². The van der Waals surface area contributed by atoms with Gasteiger partial charge in [0.15, 0.2) is 5.82 Å². The molecule has 1 aromatic heterocycles. The van der Waals surface area contributed by atoms with Crippen LogP contribution in [0.1, 0.15) is 66.6 Å². The molecule has 1 amide bonds. The molecule has 3 atom stereocenters. The van der Waals surface area contributed by atoms with Gasteiger partial charge in [0, 0.05) is 31.4 Å². The Morgan fingerprint density at radius 3 is 2.24 bits per heavy atom. The number of carboxylic acids is 1. The van der Waals surface area contributed by atoms with E-state index < -0.39 is 65.5 Å². The molecule has 1 aliphatic rings. The van der Waals surface area contributed by atoms with E-state index >= 15 is 4.39 Å². The number of rotatable bonds is 12. The topological polar surface area (TPSA) is 91.6 Å². The molecule has 0 aliphatic carbocycles. The van der Waals surface area contributed by atoms with Crippen molar-refractivity contribution < 1.29 is 32.3 Å². The van der Waals surface area contributed by atoms with Crippen LogP contribution in [0.3, 0.4) is 0 Å². The highest BCUT2D eigenvalue weighted by molar-refractivity contribution is 5.82. The van der Waals surface area contributed by atoms with Gasteiger partial charge in [0.25, 0.3) is 5.56 Å². The minimum atomic E-state index is -1.34. The number of nitrogens with one attached hydrogen (secondary N) is 1. The Bertz CT molecular complexity index is 1630. The molecular formula is C34H39F4N3O4. The molecular weight excluding hydrogens is 590 g/mol. The number of carbonyl (C=O) groups is 2. The van der Waals surface area contributed by atoms with Gasteiger partial charge in [-0.3, -0.25) is 23.9 Å². The van der Waals surface area contributed by atoms with Gasteiger partial charge in [-0.1, -0.05) is 20.3 Å². The molecule has 2 aromatic carbocycles. The number of likely N-dealkylation sites (tertiary alicyclic amines) is 1. The average Bonchev–Trinajstić information content (AvgIpc) is 2.93. The predicted octanol–water partition coefficient (Wildman–Crippen LogP) is 5.97. The van der Waals surface area contributed by atoms with Crippen LogP contribution in [-0.4, -0.2) is 52.3 Å². The van der Waals surface area contributed by atoms with E-state index in [1.54, 1.807) is 33.8 Å².